The first kappa shape index (κ1) is 14.2. The molecule has 0 aliphatic rings. The maximum atomic E-state index is 13.4. The van der Waals surface area contributed by atoms with Gasteiger partial charge in [-0.05, 0) is 12.1 Å². The number of hydrogen-bond acceptors (Lipinski definition) is 2. The molecule has 17 heavy (non-hydrogen) atoms. The van der Waals surface area contributed by atoms with Gasteiger partial charge in [0.1, 0.15) is 5.82 Å². The number of carbonyl (C=O) groups excluding carboxylic acids is 1. The van der Waals surface area contributed by atoms with Crippen molar-refractivity contribution < 1.29 is 13.9 Å². The third-order valence-corrected chi connectivity index (χ3v) is 2.77. The number of benzene rings is 1. The third-order valence-electron chi connectivity index (χ3n) is 2.08. The maximum Gasteiger partial charge on any atom is 0.256 e. The Morgan fingerprint density at radius 2 is 2.29 bits per heavy atom. The van der Waals surface area contributed by atoms with E-state index in [1.165, 1.54) is 25.3 Å². The van der Waals surface area contributed by atoms with Crippen molar-refractivity contribution >= 4 is 29.1 Å². The molecule has 0 radical (unpaired) electrons. The van der Waals surface area contributed by atoms with Crippen molar-refractivity contribution in [3.05, 3.63) is 34.6 Å². The summed E-state index contributed by atoms with van der Waals surface area (Å²) in [7, 11) is 1.49. The molecule has 0 heterocycles. The van der Waals surface area contributed by atoms with Gasteiger partial charge in [-0.15, -0.1) is 11.6 Å². The van der Waals surface area contributed by atoms with Crippen LogP contribution in [0.5, 0.6) is 0 Å². The zero-order valence-electron chi connectivity index (χ0n) is 9.17. The second-order valence-corrected chi connectivity index (χ2v) is 4.09. The Kier molecular flexibility index (Phi) is 5.68. The molecule has 0 aliphatic carbocycles. The number of ether oxygens (including phenoxy) is 1. The molecule has 0 saturated heterocycles. The van der Waals surface area contributed by atoms with Gasteiger partial charge in [-0.1, -0.05) is 17.7 Å². The number of halogens is 3. The van der Waals surface area contributed by atoms with Gasteiger partial charge >= 0.3 is 0 Å². The molecule has 0 bridgehead atoms. The summed E-state index contributed by atoms with van der Waals surface area (Å²) in [6, 6.07) is 3.67. The lowest BCUT2D eigenvalue weighted by Crippen LogP contribution is -2.39. The van der Waals surface area contributed by atoms with Crippen LogP contribution in [0.15, 0.2) is 18.2 Å². The van der Waals surface area contributed by atoms with Crippen LogP contribution in [-0.4, -0.2) is 31.5 Å². The zero-order chi connectivity index (χ0) is 12.8. The molecule has 0 saturated carbocycles. The standard InChI is InChI=1S/C11H12Cl2FNO2/c1-17-6-7(5-12)15-11(16)10-8(13)3-2-4-9(10)14/h2-4,7H,5-6H2,1H3,(H,15,16). The van der Waals surface area contributed by atoms with E-state index in [4.69, 9.17) is 27.9 Å². The largest absolute Gasteiger partial charge is 0.383 e. The molecule has 1 aromatic rings. The first-order valence-electron chi connectivity index (χ1n) is 4.90. The summed E-state index contributed by atoms with van der Waals surface area (Å²) in [6.07, 6.45) is 0. The van der Waals surface area contributed by atoms with Gasteiger partial charge < -0.3 is 10.1 Å². The van der Waals surface area contributed by atoms with Crippen LogP contribution in [0.25, 0.3) is 0 Å². The van der Waals surface area contributed by atoms with E-state index >= 15 is 0 Å². The number of carbonyl (C=O) groups is 1. The normalized spacial score (nSPS) is 12.2. The lowest BCUT2D eigenvalue weighted by molar-refractivity contribution is 0.0903. The van der Waals surface area contributed by atoms with E-state index in [9.17, 15) is 9.18 Å². The van der Waals surface area contributed by atoms with Gasteiger partial charge in [0.15, 0.2) is 0 Å². The topological polar surface area (TPSA) is 38.3 Å². The highest BCUT2D eigenvalue weighted by Gasteiger charge is 2.18. The third kappa shape index (κ3) is 3.84. The van der Waals surface area contributed by atoms with Gasteiger partial charge in [0.05, 0.1) is 23.2 Å². The van der Waals surface area contributed by atoms with Crippen molar-refractivity contribution in [2.45, 2.75) is 6.04 Å². The minimum absolute atomic E-state index is 0.0632. The fraction of sp³-hybridized carbons (Fsp3) is 0.364. The fourth-order valence-electron chi connectivity index (χ4n) is 1.30. The molecule has 0 aliphatic heterocycles. The molecule has 1 aromatic carbocycles. The smallest absolute Gasteiger partial charge is 0.256 e. The predicted octanol–water partition coefficient (Wildman–Crippen LogP) is 2.46. The first-order valence-corrected chi connectivity index (χ1v) is 5.81. The minimum Gasteiger partial charge on any atom is -0.383 e. The van der Waals surface area contributed by atoms with Gasteiger partial charge in [-0.2, -0.15) is 0 Å². The Morgan fingerprint density at radius 1 is 1.59 bits per heavy atom. The summed E-state index contributed by atoms with van der Waals surface area (Å²) in [5, 5.41) is 2.61. The summed E-state index contributed by atoms with van der Waals surface area (Å²) in [5.74, 6) is -1.09. The number of methoxy groups -OCH3 is 1. The summed E-state index contributed by atoms with van der Waals surface area (Å²) in [4.78, 5) is 11.8. The van der Waals surface area contributed by atoms with Crippen LogP contribution in [0, 0.1) is 5.82 Å². The molecular weight excluding hydrogens is 268 g/mol. The zero-order valence-corrected chi connectivity index (χ0v) is 10.7. The van der Waals surface area contributed by atoms with Crippen LogP contribution in [0.3, 0.4) is 0 Å². The number of hydrogen-bond donors (Lipinski definition) is 1. The summed E-state index contributed by atoms with van der Waals surface area (Å²) in [5.41, 5.74) is -0.180. The highest BCUT2D eigenvalue weighted by Crippen LogP contribution is 2.18. The van der Waals surface area contributed by atoms with Crippen LogP contribution in [0.4, 0.5) is 4.39 Å². The van der Waals surface area contributed by atoms with E-state index in [-0.39, 0.29) is 29.1 Å². The second kappa shape index (κ2) is 6.79. The second-order valence-electron chi connectivity index (χ2n) is 3.38. The van der Waals surface area contributed by atoms with Crippen molar-refractivity contribution in [1.29, 1.82) is 0 Å². The highest BCUT2D eigenvalue weighted by atomic mass is 35.5. The van der Waals surface area contributed by atoms with E-state index in [0.717, 1.165) is 0 Å². The van der Waals surface area contributed by atoms with Gasteiger partial charge in [-0.3, -0.25) is 4.79 Å². The van der Waals surface area contributed by atoms with Crippen molar-refractivity contribution in [2.24, 2.45) is 0 Å². The fourth-order valence-corrected chi connectivity index (χ4v) is 1.71. The molecular formula is C11H12Cl2FNO2. The first-order chi connectivity index (χ1) is 8.10. The Labute approximate surface area is 109 Å². The summed E-state index contributed by atoms with van der Waals surface area (Å²) in [6.45, 7) is 0.251. The Balaban J connectivity index is 2.82. The van der Waals surface area contributed by atoms with Crippen molar-refractivity contribution in [3.63, 3.8) is 0 Å². The summed E-state index contributed by atoms with van der Waals surface area (Å²) >= 11 is 11.4. The molecule has 94 valence electrons. The molecule has 1 unspecified atom stereocenters. The molecule has 0 fully saturated rings. The average molecular weight is 280 g/mol. The van der Waals surface area contributed by atoms with Gasteiger partial charge in [0.2, 0.25) is 0 Å². The lowest BCUT2D eigenvalue weighted by atomic mass is 10.2. The molecule has 6 heteroatoms. The van der Waals surface area contributed by atoms with Crippen molar-refractivity contribution in [3.8, 4) is 0 Å². The lowest BCUT2D eigenvalue weighted by Gasteiger charge is -2.15. The van der Waals surface area contributed by atoms with Crippen molar-refractivity contribution in [1.82, 2.24) is 5.32 Å². The van der Waals surface area contributed by atoms with E-state index < -0.39 is 11.7 Å². The van der Waals surface area contributed by atoms with E-state index in [2.05, 4.69) is 5.32 Å². The SMILES string of the molecule is COCC(CCl)NC(=O)c1c(F)cccc1Cl. The average Bonchev–Trinajstić information content (AvgIpc) is 2.28. The quantitative estimate of drug-likeness (QED) is 0.841. The molecule has 1 atom stereocenters. The molecule has 1 rings (SSSR count). The molecule has 1 N–H and O–H groups in total. The van der Waals surface area contributed by atoms with Gasteiger partial charge in [0.25, 0.3) is 5.91 Å². The maximum absolute atomic E-state index is 13.4. The Morgan fingerprint density at radius 3 is 2.82 bits per heavy atom. The van der Waals surface area contributed by atoms with Gasteiger partial charge in [0, 0.05) is 13.0 Å². The minimum atomic E-state index is -0.666. The van der Waals surface area contributed by atoms with E-state index in [1.807, 2.05) is 0 Å². The number of rotatable bonds is 5. The Bertz CT molecular complexity index is 381. The van der Waals surface area contributed by atoms with Gasteiger partial charge in [-0.25, -0.2) is 4.39 Å². The van der Waals surface area contributed by atoms with Crippen LogP contribution in [0.2, 0.25) is 5.02 Å². The number of amides is 1. The predicted molar refractivity (Wildman–Crippen MR) is 65.3 cm³/mol. The van der Waals surface area contributed by atoms with Crippen LogP contribution >= 0.6 is 23.2 Å². The number of nitrogens with one attached hydrogen (secondary N) is 1. The number of alkyl halides is 1. The van der Waals surface area contributed by atoms with E-state index in [1.54, 1.807) is 0 Å². The van der Waals surface area contributed by atoms with Crippen LogP contribution < -0.4 is 5.32 Å². The summed E-state index contributed by atoms with van der Waals surface area (Å²) < 4.78 is 18.3. The molecule has 0 aromatic heterocycles. The van der Waals surface area contributed by atoms with E-state index in [0.29, 0.717) is 0 Å². The molecule has 1 amide bonds. The van der Waals surface area contributed by atoms with Crippen LogP contribution in [0.1, 0.15) is 10.4 Å². The Hall–Kier alpha value is -0.840. The van der Waals surface area contributed by atoms with Crippen molar-refractivity contribution in [2.75, 3.05) is 19.6 Å². The highest BCUT2D eigenvalue weighted by molar-refractivity contribution is 6.33. The molecule has 3 nitrogen and oxygen atoms in total. The molecule has 0 spiro atoms. The van der Waals surface area contributed by atoms with Crippen LogP contribution in [-0.2, 0) is 4.74 Å². The monoisotopic (exact) mass is 279 g/mol.